The molecule has 10 heteroatoms. The molecule has 0 unspecified atom stereocenters. The van der Waals surface area contributed by atoms with E-state index in [2.05, 4.69) is 21.3 Å². The van der Waals surface area contributed by atoms with Crippen LogP contribution in [0.25, 0.3) is 5.69 Å². The molecule has 10 nitrogen and oxygen atoms in total. The lowest BCUT2D eigenvalue weighted by Crippen LogP contribution is -2.44. The van der Waals surface area contributed by atoms with Gasteiger partial charge in [-0.1, -0.05) is 0 Å². The fourth-order valence-corrected chi connectivity index (χ4v) is 3.55. The number of hydrogen-bond acceptors (Lipinski definition) is 8. The van der Waals surface area contributed by atoms with Crippen LogP contribution < -0.4 is 9.47 Å². The summed E-state index contributed by atoms with van der Waals surface area (Å²) in [6.45, 7) is 1.02. The van der Waals surface area contributed by atoms with Crippen LogP contribution in [0, 0.1) is 11.3 Å². The van der Waals surface area contributed by atoms with Gasteiger partial charge in [0.1, 0.15) is 24.1 Å². The first kappa shape index (κ1) is 21.3. The standard InChI is InChI=1S/C22H22N6O4/c23-14-16-5-6-24-21(12-16)32-18-2-1-9-27(15-18)22(30)19-4-3-17(31-11-10-29)13-20(19)28-25-7-8-26-28/h3-8,12-13,18,29H,1-2,9-11,15H2/t18-/m1/s1. The molecule has 3 aromatic rings. The smallest absolute Gasteiger partial charge is 0.256 e. The summed E-state index contributed by atoms with van der Waals surface area (Å²) in [5.41, 5.74) is 1.39. The highest BCUT2D eigenvalue weighted by molar-refractivity contribution is 5.98. The number of rotatable bonds is 7. The molecule has 1 saturated heterocycles. The number of likely N-dealkylation sites (tertiary alicyclic amines) is 1. The van der Waals surface area contributed by atoms with Crippen LogP contribution in [0.15, 0.2) is 48.9 Å². The molecule has 1 N–H and O–H groups in total. The molecule has 0 bridgehead atoms. The van der Waals surface area contributed by atoms with Crippen molar-refractivity contribution in [3.05, 3.63) is 60.0 Å². The van der Waals surface area contributed by atoms with Gasteiger partial charge in [0, 0.05) is 24.9 Å². The number of nitriles is 1. The van der Waals surface area contributed by atoms with Crippen molar-refractivity contribution in [3.8, 4) is 23.4 Å². The van der Waals surface area contributed by atoms with Crippen LogP contribution in [0.4, 0.5) is 0 Å². The van der Waals surface area contributed by atoms with E-state index in [0.29, 0.717) is 41.5 Å². The number of carbonyl (C=O) groups excluding carboxylic acids is 1. The number of hydrogen-bond donors (Lipinski definition) is 1. The zero-order chi connectivity index (χ0) is 22.3. The van der Waals surface area contributed by atoms with Crippen LogP contribution in [0.2, 0.25) is 0 Å². The molecule has 1 fully saturated rings. The Balaban J connectivity index is 1.53. The summed E-state index contributed by atoms with van der Waals surface area (Å²) in [5, 5.41) is 26.4. The Hall–Kier alpha value is -3.97. The Morgan fingerprint density at radius 1 is 1.22 bits per heavy atom. The number of piperidine rings is 1. The molecule has 1 aliphatic heterocycles. The maximum absolute atomic E-state index is 13.4. The first-order valence-corrected chi connectivity index (χ1v) is 10.2. The highest BCUT2D eigenvalue weighted by Crippen LogP contribution is 2.24. The summed E-state index contributed by atoms with van der Waals surface area (Å²) in [6, 6.07) is 10.3. The number of aromatic nitrogens is 4. The van der Waals surface area contributed by atoms with Crippen molar-refractivity contribution in [2.45, 2.75) is 18.9 Å². The summed E-state index contributed by atoms with van der Waals surface area (Å²) in [5.74, 6) is 0.708. The Bertz CT molecular complexity index is 1110. The normalized spacial score (nSPS) is 15.8. The maximum atomic E-state index is 13.4. The molecule has 0 aliphatic carbocycles. The lowest BCUT2D eigenvalue weighted by atomic mass is 10.1. The van der Waals surface area contributed by atoms with Gasteiger partial charge < -0.3 is 19.5 Å². The summed E-state index contributed by atoms with van der Waals surface area (Å²) in [4.78, 5) is 20.7. The molecule has 3 heterocycles. The van der Waals surface area contributed by atoms with E-state index in [1.165, 1.54) is 23.4 Å². The zero-order valence-corrected chi connectivity index (χ0v) is 17.3. The second kappa shape index (κ2) is 9.89. The highest BCUT2D eigenvalue weighted by Gasteiger charge is 2.28. The SMILES string of the molecule is N#Cc1ccnc(O[C@@H]2CCCN(C(=O)c3ccc(OCCO)cc3-n3nccn3)C2)c1. The zero-order valence-electron chi connectivity index (χ0n) is 17.3. The van der Waals surface area contributed by atoms with Crippen LogP contribution in [-0.4, -0.2) is 68.3 Å². The van der Waals surface area contributed by atoms with E-state index in [9.17, 15) is 4.79 Å². The summed E-state index contributed by atoms with van der Waals surface area (Å²) in [6.07, 6.45) is 5.92. The summed E-state index contributed by atoms with van der Waals surface area (Å²) in [7, 11) is 0. The average molecular weight is 434 g/mol. The van der Waals surface area contributed by atoms with Gasteiger partial charge in [0.15, 0.2) is 0 Å². The van der Waals surface area contributed by atoms with Crippen molar-refractivity contribution in [1.29, 1.82) is 5.26 Å². The van der Waals surface area contributed by atoms with Crippen molar-refractivity contribution in [2.24, 2.45) is 0 Å². The molecule has 32 heavy (non-hydrogen) atoms. The molecule has 0 saturated carbocycles. The lowest BCUT2D eigenvalue weighted by molar-refractivity contribution is 0.0527. The minimum absolute atomic E-state index is 0.114. The fourth-order valence-electron chi connectivity index (χ4n) is 3.55. The van der Waals surface area contributed by atoms with Gasteiger partial charge in [-0.25, -0.2) is 4.98 Å². The van der Waals surface area contributed by atoms with E-state index >= 15 is 0 Å². The van der Waals surface area contributed by atoms with Crippen LogP contribution in [0.1, 0.15) is 28.8 Å². The molecule has 0 radical (unpaired) electrons. The third-order valence-corrected chi connectivity index (χ3v) is 5.01. The topological polar surface area (TPSA) is 126 Å². The number of amides is 1. The molecule has 1 amide bonds. The van der Waals surface area contributed by atoms with E-state index in [1.54, 1.807) is 35.2 Å². The van der Waals surface area contributed by atoms with E-state index < -0.39 is 0 Å². The molecule has 1 atom stereocenters. The summed E-state index contributed by atoms with van der Waals surface area (Å²) < 4.78 is 11.4. The number of nitrogens with zero attached hydrogens (tertiary/aromatic N) is 6. The quantitative estimate of drug-likeness (QED) is 0.594. The van der Waals surface area contributed by atoms with Crippen LogP contribution in [-0.2, 0) is 0 Å². The Morgan fingerprint density at radius 3 is 2.84 bits per heavy atom. The van der Waals surface area contributed by atoms with Crippen molar-refractivity contribution >= 4 is 5.91 Å². The largest absolute Gasteiger partial charge is 0.491 e. The van der Waals surface area contributed by atoms with E-state index in [0.717, 1.165) is 12.8 Å². The Kier molecular flexibility index (Phi) is 6.57. The van der Waals surface area contributed by atoms with Gasteiger partial charge in [-0.15, -0.1) is 0 Å². The fraction of sp³-hybridized carbons (Fsp3) is 0.318. The summed E-state index contributed by atoms with van der Waals surface area (Å²) >= 11 is 0. The van der Waals surface area contributed by atoms with Gasteiger partial charge in [-0.05, 0) is 31.0 Å². The highest BCUT2D eigenvalue weighted by atomic mass is 16.5. The minimum Gasteiger partial charge on any atom is -0.491 e. The first-order valence-electron chi connectivity index (χ1n) is 10.2. The third kappa shape index (κ3) is 4.84. The van der Waals surface area contributed by atoms with E-state index in [1.807, 2.05) is 0 Å². The van der Waals surface area contributed by atoms with Crippen molar-refractivity contribution in [3.63, 3.8) is 0 Å². The van der Waals surface area contributed by atoms with Gasteiger partial charge in [-0.2, -0.15) is 20.3 Å². The van der Waals surface area contributed by atoms with Gasteiger partial charge in [0.2, 0.25) is 5.88 Å². The van der Waals surface area contributed by atoms with Crippen molar-refractivity contribution < 1.29 is 19.4 Å². The van der Waals surface area contributed by atoms with Crippen LogP contribution in [0.5, 0.6) is 11.6 Å². The second-order valence-corrected chi connectivity index (χ2v) is 7.20. The van der Waals surface area contributed by atoms with E-state index in [4.69, 9.17) is 19.8 Å². The number of pyridine rings is 1. The molecule has 0 spiro atoms. The van der Waals surface area contributed by atoms with Gasteiger partial charge >= 0.3 is 0 Å². The third-order valence-electron chi connectivity index (χ3n) is 5.01. The maximum Gasteiger partial charge on any atom is 0.256 e. The van der Waals surface area contributed by atoms with Gasteiger partial charge in [-0.3, -0.25) is 4.79 Å². The molecule has 4 rings (SSSR count). The van der Waals surface area contributed by atoms with Crippen LogP contribution >= 0.6 is 0 Å². The van der Waals surface area contributed by atoms with Crippen molar-refractivity contribution in [1.82, 2.24) is 24.9 Å². The van der Waals surface area contributed by atoms with Gasteiger partial charge in [0.05, 0.1) is 42.7 Å². The molecular formula is C22H22N6O4. The molecular weight excluding hydrogens is 412 g/mol. The molecule has 164 valence electrons. The van der Waals surface area contributed by atoms with Gasteiger partial charge in [0.25, 0.3) is 5.91 Å². The molecule has 2 aromatic heterocycles. The minimum atomic E-state index is -0.229. The number of ether oxygens (including phenoxy) is 2. The molecule has 1 aliphatic rings. The second-order valence-electron chi connectivity index (χ2n) is 7.20. The predicted octanol–water partition coefficient (Wildman–Crippen LogP) is 1.59. The lowest BCUT2D eigenvalue weighted by Gasteiger charge is -2.33. The number of aliphatic hydroxyl groups is 1. The first-order chi connectivity index (χ1) is 15.7. The van der Waals surface area contributed by atoms with Crippen LogP contribution in [0.3, 0.4) is 0 Å². The number of aliphatic hydroxyl groups excluding tert-OH is 1. The monoisotopic (exact) mass is 434 g/mol. The average Bonchev–Trinajstić information content (AvgIpc) is 3.37. The Morgan fingerprint density at radius 2 is 2.06 bits per heavy atom. The molecule has 1 aromatic carbocycles. The predicted molar refractivity (Wildman–Crippen MR) is 112 cm³/mol. The number of carbonyl (C=O) groups is 1. The Labute approximate surface area is 184 Å². The number of benzene rings is 1. The van der Waals surface area contributed by atoms with Crippen molar-refractivity contribution in [2.75, 3.05) is 26.3 Å². The van der Waals surface area contributed by atoms with E-state index in [-0.39, 0.29) is 25.2 Å².